The summed E-state index contributed by atoms with van der Waals surface area (Å²) >= 11 is 1.29. The van der Waals surface area contributed by atoms with Crippen molar-refractivity contribution in [1.29, 1.82) is 0 Å². The lowest BCUT2D eigenvalue weighted by Crippen LogP contribution is -2.48. The molecule has 0 saturated carbocycles. The minimum Gasteiger partial charge on any atom is -0.349 e. The van der Waals surface area contributed by atoms with Crippen LogP contribution in [0.15, 0.2) is 17.5 Å². The van der Waals surface area contributed by atoms with E-state index in [1.807, 2.05) is 0 Å². The van der Waals surface area contributed by atoms with Crippen molar-refractivity contribution in [3.8, 4) is 0 Å². The molecule has 0 fully saturated rings. The van der Waals surface area contributed by atoms with E-state index in [4.69, 9.17) is 11.5 Å². The largest absolute Gasteiger partial charge is 0.357 e. The number of thiophene rings is 1. The number of unbranched alkanes of at least 4 members (excludes halogenated alkanes) is 1. The Bertz CT molecular complexity index is 449. The molecule has 0 aliphatic rings. The zero-order chi connectivity index (χ0) is 14.3. The Morgan fingerprint density at radius 2 is 2.26 bits per heavy atom. The second kappa shape index (κ2) is 6.86. The third-order valence-electron chi connectivity index (χ3n) is 2.46. The Hall–Kier alpha value is -1.93. The van der Waals surface area contributed by atoms with Gasteiger partial charge in [-0.15, -0.1) is 11.3 Å². The maximum absolute atomic E-state index is 12.0. The number of rotatable bonds is 6. The Morgan fingerprint density at radius 1 is 1.53 bits per heavy atom. The van der Waals surface area contributed by atoms with E-state index in [-0.39, 0.29) is 6.42 Å². The van der Waals surface area contributed by atoms with Gasteiger partial charge in [0.05, 0.1) is 0 Å². The number of carbonyl (C=O) groups is 3. The van der Waals surface area contributed by atoms with Crippen LogP contribution >= 0.6 is 11.3 Å². The zero-order valence-electron chi connectivity index (χ0n) is 10.1. The van der Waals surface area contributed by atoms with E-state index in [1.165, 1.54) is 11.3 Å². The summed E-state index contributed by atoms with van der Waals surface area (Å²) in [6, 6.07) is 2.45. The van der Waals surface area contributed by atoms with Crippen LogP contribution in [-0.2, 0) is 20.0 Å². The molecule has 1 aromatic rings. The molecule has 0 saturated heterocycles. The SMILES string of the molecule is NC(=O)NOC(=O)C(N)(CCCC=O)c1cccs1. The first kappa shape index (κ1) is 15.1. The maximum Gasteiger partial charge on any atom is 0.357 e. The standard InChI is InChI=1S/C11H15N3O4S/c12-10(17)14-18-9(16)11(13,5-1-2-6-15)8-4-3-7-19-8/h3-4,6-7H,1-2,5,13H2,(H3,12,14,17). The molecular weight excluding hydrogens is 270 g/mol. The number of aldehydes is 1. The minimum absolute atomic E-state index is 0.228. The molecule has 1 heterocycles. The van der Waals surface area contributed by atoms with Crippen molar-refractivity contribution in [1.82, 2.24) is 5.48 Å². The number of hydrogen-bond donors (Lipinski definition) is 3. The molecule has 0 aromatic carbocycles. The number of nitrogens with one attached hydrogen (secondary N) is 1. The summed E-state index contributed by atoms with van der Waals surface area (Å²) in [6.45, 7) is 0. The molecule has 1 atom stereocenters. The highest BCUT2D eigenvalue weighted by atomic mass is 32.1. The van der Waals surface area contributed by atoms with Crippen molar-refractivity contribution in [2.45, 2.75) is 24.8 Å². The highest BCUT2D eigenvalue weighted by Gasteiger charge is 2.39. The summed E-state index contributed by atoms with van der Waals surface area (Å²) in [7, 11) is 0. The van der Waals surface area contributed by atoms with Gasteiger partial charge >= 0.3 is 12.0 Å². The van der Waals surface area contributed by atoms with Gasteiger partial charge in [0, 0.05) is 11.3 Å². The van der Waals surface area contributed by atoms with Crippen LogP contribution < -0.4 is 16.9 Å². The quantitative estimate of drug-likeness (QED) is 0.396. The lowest BCUT2D eigenvalue weighted by atomic mass is 9.92. The average Bonchev–Trinajstić information content (AvgIpc) is 2.90. The van der Waals surface area contributed by atoms with Crippen LogP contribution in [0.1, 0.15) is 24.1 Å². The number of nitrogens with two attached hydrogens (primary N) is 2. The molecule has 1 aromatic heterocycles. The summed E-state index contributed by atoms with van der Waals surface area (Å²) in [6.07, 6.45) is 1.71. The Kier molecular flexibility index (Phi) is 5.46. The number of carbonyl (C=O) groups excluding carboxylic acids is 3. The van der Waals surface area contributed by atoms with Crippen LogP contribution in [0.25, 0.3) is 0 Å². The van der Waals surface area contributed by atoms with E-state index in [1.54, 1.807) is 23.0 Å². The normalized spacial score (nSPS) is 13.3. The molecule has 5 N–H and O–H groups in total. The van der Waals surface area contributed by atoms with Gasteiger partial charge in [0.15, 0.2) is 5.54 Å². The Balaban J connectivity index is 2.82. The molecule has 19 heavy (non-hydrogen) atoms. The fourth-order valence-corrected chi connectivity index (χ4v) is 2.37. The summed E-state index contributed by atoms with van der Waals surface area (Å²) < 4.78 is 0. The van der Waals surface area contributed by atoms with E-state index in [0.29, 0.717) is 17.7 Å². The maximum atomic E-state index is 12.0. The predicted molar refractivity (Wildman–Crippen MR) is 68.9 cm³/mol. The molecule has 7 nitrogen and oxygen atoms in total. The number of hydroxylamine groups is 1. The van der Waals surface area contributed by atoms with E-state index in [9.17, 15) is 14.4 Å². The molecule has 0 bridgehead atoms. The molecule has 0 spiro atoms. The average molecular weight is 285 g/mol. The van der Waals surface area contributed by atoms with Crippen molar-refractivity contribution in [3.63, 3.8) is 0 Å². The smallest absolute Gasteiger partial charge is 0.349 e. The molecule has 1 unspecified atom stereocenters. The first-order valence-electron chi connectivity index (χ1n) is 5.54. The van der Waals surface area contributed by atoms with Gasteiger partial charge in [0.1, 0.15) is 6.29 Å². The highest BCUT2D eigenvalue weighted by Crippen LogP contribution is 2.29. The number of urea groups is 1. The monoisotopic (exact) mass is 285 g/mol. The van der Waals surface area contributed by atoms with E-state index >= 15 is 0 Å². The third kappa shape index (κ3) is 4.04. The van der Waals surface area contributed by atoms with Crippen LogP contribution in [0, 0.1) is 0 Å². The lowest BCUT2D eigenvalue weighted by molar-refractivity contribution is -0.156. The molecule has 8 heteroatoms. The number of hydrogen-bond acceptors (Lipinski definition) is 6. The van der Waals surface area contributed by atoms with Gasteiger partial charge in [0.2, 0.25) is 0 Å². The van der Waals surface area contributed by atoms with Gasteiger partial charge in [-0.05, 0) is 24.3 Å². The molecule has 1 rings (SSSR count). The van der Waals surface area contributed by atoms with Gasteiger partial charge in [-0.3, -0.25) is 0 Å². The first-order valence-corrected chi connectivity index (χ1v) is 6.42. The fourth-order valence-electron chi connectivity index (χ4n) is 1.51. The van der Waals surface area contributed by atoms with Crippen molar-refractivity contribution in [3.05, 3.63) is 22.4 Å². The first-order chi connectivity index (χ1) is 9.00. The van der Waals surface area contributed by atoms with E-state index in [2.05, 4.69) is 4.84 Å². The van der Waals surface area contributed by atoms with Crippen LogP contribution in [0.5, 0.6) is 0 Å². The van der Waals surface area contributed by atoms with Gasteiger partial charge < -0.3 is 21.1 Å². The summed E-state index contributed by atoms with van der Waals surface area (Å²) in [4.78, 5) is 38.0. The highest BCUT2D eigenvalue weighted by molar-refractivity contribution is 7.10. The van der Waals surface area contributed by atoms with Crippen molar-refractivity contribution >= 4 is 29.6 Å². The molecule has 0 aliphatic heterocycles. The van der Waals surface area contributed by atoms with Crippen molar-refractivity contribution in [2.75, 3.05) is 0 Å². The van der Waals surface area contributed by atoms with Gasteiger partial charge in [-0.2, -0.15) is 5.48 Å². The van der Waals surface area contributed by atoms with Crippen LogP contribution in [0.2, 0.25) is 0 Å². The molecular formula is C11H15N3O4S. The zero-order valence-corrected chi connectivity index (χ0v) is 10.9. The van der Waals surface area contributed by atoms with Gasteiger partial charge in [-0.1, -0.05) is 6.07 Å². The van der Waals surface area contributed by atoms with Gasteiger partial charge in [-0.25, -0.2) is 9.59 Å². The molecule has 104 valence electrons. The number of amides is 2. The molecule has 0 aliphatic carbocycles. The van der Waals surface area contributed by atoms with E-state index in [0.717, 1.165) is 6.29 Å². The van der Waals surface area contributed by atoms with Crippen LogP contribution in [-0.4, -0.2) is 18.3 Å². The second-order valence-electron chi connectivity index (χ2n) is 3.86. The fraction of sp³-hybridized carbons (Fsp3) is 0.364. The Morgan fingerprint density at radius 3 is 2.79 bits per heavy atom. The minimum atomic E-state index is -1.40. The number of primary amides is 1. The second-order valence-corrected chi connectivity index (χ2v) is 4.81. The summed E-state index contributed by atoms with van der Waals surface area (Å²) in [5.41, 5.74) is 11.2. The van der Waals surface area contributed by atoms with Gasteiger partial charge in [0.25, 0.3) is 0 Å². The molecule has 0 radical (unpaired) electrons. The summed E-state index contributed by atoms with van der Waals surface area (Å²) in [5.74, 6) is -0.820. The summed E-state index contributed by atoms with van der Waals surface area (Å²) in [5, 5.41) is 1.77. The van der Waals surface area contributed by atoms with Crippen molar-refractivity contribution in [2.24, 2.45) is 11.5 Å². The molecule has 2 amide bonds. The van der Waals surface area contributed by atoms with Crippen molar-refractivity contribution < 1.29 is 19.2 Å². The van der Waals surface area contributed by atoms with Crippen LogP contribution in [0.3, 0.4) is 0 Å². The topological polar surface area (TPSA) is 125 Å². The third-order valence-corrected chi connectivity index (χ3v) is 3.51. The predicted octanol–water partition coefficient (Wildman–Crippen LogP) is 0.398. The van der Waals surface area contributed by atoms with Crippen LogP contribution in [0.4, 0.5) is 4.79 Å². The van der Waals surface area contributed by atoms with E-state index < -0.39 is 17.5 Å². The Labute approximate surface area is 113 Å². The lowest BCUT2D eigenvalue weighted by Gasteiger charge is -2.25.